The minimum absolute atomic E-state index is 0.269. The molecule has 0 aliphatic carbocycles. The van der Waals surface area contributed by atoms with E-state index in [-0.39, 0.29) is 30.3 Å². The maximum absolute atomic E-state index is 12.6. The molecule has 0 heterocycles. The monoisotopic (exact) mass is 639 g/mol. The highest BCUT2D eigenvalue weighted by molar-refractivity contribution is 5.78. The Balaban J connectivity index is 4.69. The van der Waals surface area contributed by atoms with Gasteiger partial charge in [-0.1, -0.05) is 123 Å². The molecular weight excluding hydrogens is 566 g/mol. The van der Waals surface area contributed by atoms with E-state index in [9.17, 15) is 29.7 Å². The van der Waals surface area contributed by atoms with Gasteiger partial charge in [0.2, 0.25) is 0 Å². The van der Waals surface area contributed by atoms with Crippen LogP contribution in [-0.4, -0.2) is 62.4 Å². The Labute approximate surface area is 276 Å². The summed E-state index contributed by atoms with van der Waals surface area (Å²) < 4.78 is -0.373. The van der Waals surface area contributed by atoms with Crippen molar-refractivity contribution in [1.82, 2.24) is 0 Å². The van der Waals surface area contributed by atoms with Gasteiger partial charge in [0, 0.05) is 19.3 Å². The summed E-state index contributed by atoms with van der Waals surface area (Å²) >= 11 is 0. The second-order valence-electron chi connectivity index (χ2n) is 13.4. The van der Waals surface area contributed by atoms with Gasteiger partial charge < -0.3 is 15.3 Å². The third-order valence-corrected chi connectivity index (χ3v) is 9.59. The molecule has 0 spiro atoms. The Hall–Kier alpha value is -1.89. The molecule has 0 amide bonds. The number of nitrogens with zero attached hydrogens (tertiary/aromatic N) is 1. The fourth-order valence-corrected chi connectivity index (χ4v) is 7.16. The Bertz CT molecular complexity index is 722. The molecule has 7 heteroatoms. The fraction of sp³-hybridized carbons (Fsp3) is 0.868. The maximum atomic E-state index is 12.6. The van der Waals surface area contributed by atoms with Gasteiger partial charge >= 0.3 is 17.9 Å². The Morgan fingerprint density at radius 1 is 0.444 bits per heavy atom. The van der Waals surface area contributed by atoms with Crippen LogP contribution in [0.15, 0.2) is 12.2 Å². The normalized spacial score (nSPS) is 15.1. The number of quaternary nitrogens is 1. The number of rotatable bonds is 33. The molecule has 264 valence electrons. The third-order valence-electron chi connectivity index (χ3n) is 9.59. The average Bonchev–Trinajstić information content (AvgIpc) is 3.00. The second kappa shape index (κ2) is 28.3. The molecule has 3 N–H and O–H groups in total. The van der Waals surface area contributed by atoms with Crippen molar-refractivity contribution in [1.29, 1.82) is 0 Å². The molecule has 0 saturated heterocycles. The summed E-state index contributed by atoms with van der Waals surface area (Å²) in [4.78, 5) is 37.8. The summed E-state index contributed by atoms with van der Waals surface area (Å²) in [5.41, 5.74) is 0. The fourth-order valence-electron chi connectivity index (χ4n) is 7.16. The third kappa shape index (κ3) is 18.1. The maximum Gasteiger partial charge on any atom is 0.362 e. The molecule has 0 aromatic carbocycles. The molecule has 0 aromatic rings. The molecule has 0 aromatic heterocycles. The molecule has 45 heavy (non-hydrogen) atoms. The number of hydrogen-bond acceptors (Lipinski definition) is 3. The van der Waals surface area contributed by atoms with Gasteiger partial charge in [0.25, 0.3) is 0 Å². The molecule has 0 saturated carbocycles. The van der Waals surface area contributed by atoms with Crippen LogP contribution in [0, 0.1) is 0 Å². The highest BCUT2D eigenvalue weighted by Crippen LogP contribution is 2.34. The van der Waals surface area contributed by atoms with Crippen LogP contribution >= 0.6 is 0 Å². The van der Waals surface area contributed by atoms with Gasteiger partial charge in [-0.15, -0.1) is 0 Å². The lowest BCUT2D eigenvalue weighted by Crippen LogP contribution is -2.72. The molecule has 0 bridgehead atoms. The van der Waals surface area contributed by atoms with Gasteiger partial charge in [-0.2, -0.15) is 0 Å². The number of unbranched alkanes of at least 4 members (excludes halogenated alkanes) is 17. The molecule has 3 atom stereocenters. The molecule has 0 radical (unpaired) electrons. The van der Waals surface area contributed by atoms with E-state index in [4.69, 9.17) is 0 Å². The van der Waals surface area contributed by atoms with Crippen LogP contribution < -0.4 is 0 Å². The topological polar surface area (TPSA) is 112 Å². The SMILES string of the molecule is CCCCCCCCCCC/C=C/CCCCCCCCCC[N+](C(CCC)C(=O)O)(C(CCC)C(=O)O)C(CCC)C(=O)O. The van der Waals surface area contributed by atoms with Crippen molar-refractivity contribution in [3.8, 4) is 0 Å². The molecule has 7 nitrogen and oxygen atoms in total. The lowest BCUT2D eigenvalue weighted by Gasteiger charge is -2.50. The van der Waals surface area contributed by atoms with Crippen molar-refractivity contribution >= 4 is 17.9 Å². The summed E-state index contributed by atoms with van der Waals surface area (Å²) in [6.07, 6.45) is 30.3. The first-order valence-corrected chi connectivity index (χ1v) is 18.9. The summed E-state index contributed by atoms with van der Waals surface area (Å²) in [5, 5.41) is 30.9. The second-order valence-corrected chi connectivity index (χ2v) is 13.4. The first kappa shape index (κ1) is 43.1. The smallest absolute Gasteiger partial charge is 0.362 e. The Morgan fingerprint density at radius 3 is 1.02 bits per heavy atom. The largest absolute Gasteiger partial charge is 0.477 e. The minimum atomic E-state index is -1.08. The van der Waals surface area contributed by atoms with Crippen LogP contribution in [0.2, 0.25) is 0 Å². The van der Waals surface area contributed by atoms with Crippen LogP contribution in [-0.2, 0) is 14.4 Å². The summed E-state index contributed by atoms with van der Waals surface area (Å²) in [7, 11) is 0. The van der Waals surface area contributed by atoms with Gasteiger partial charge in [0.15, 0.2) is 18.1 Å². The lowest BCUT2D eigenvalue weighted by atomic mass is 9.91. The van der Waals surface area contributed by atoms with E-state index < -0.39 is 36.0 Å². The zero-order chi connectivity index (χ0) is 33.8. The number of hydrogen-bond donors (Lipinski definition) is 3. The van der Waals surface area contributed by atoms with Crippen molar-refractivity contribution in [2.75, 3.05) is 6.54 Å². The zero-order valence-electron chi connectivity index (χ0n) is 29.8. The first-order chi connectivity index (χ1) is 21.7. The summed E-state index contributed by atoms with van der Waals surface area (Å²) in [6, 6.07) is -3.14. The highest BCUT2D eigenvalue weighted by Gasteiger charge is 2.56. The van der Waals surface area contributed by atoms with Crippen LogP contribution in [0.3, 0.4) is 0 Å². The number of carboxylic acid groups (broad SMARTS) is 3. The molecular formula is C38H72NO6+. The van der Waals surface area contributed by atoms with Crippen molar-refractivity contribution in [2.45, 2.75) is 206 Å². The highest BCUT2D eigenvalue weighted by atomic mass is 16.4. The van der Waals surface area contributed by atoms with E-state index in [1.807, 2.05) is 20.8 Å². The summed E-state index contributed by atoms with van der Waals surface area (Å²) in [6.45, 7) is 8.18. The van der Waals surface area contributed by atoms with E-state index >= 15 is 0 Å². The Kier molecular flexibility index (Phi) is 27.2. The molecule has 0 rings (SSSR count). The van der Waals surface area contributed by atoms with Crippen LogP contribution in [0.1, 0.15) is 188 Å². The number of allylic oxidation sites excluding steroid dienone is 2. The van der Waals surface area contributed by atoms with E-state index in [0.29, 0.717) is 25.7 Å². The van der Waals surface area contributed by atoms with Crippen LogP contribution in [0.5, 0.6) is 0 Å². The minimum Gasteiger partial charge on any atom is -0.477 e. The van der Waals surface area contributed by atoms with Crippen LogP contribution in [0.25, 0.3) is 0 Å². The standard InChI is InChI=1S/C38H71NO6/c1-5-9-10-11-12-13-14-15-16-17-18-19-20-21-22-23-24-25-26-27-28-32-39(33(29-6-2)36(40)41,34(30-7-3)37(42)43)35(31-8-4)38(44)45/h18-19,33-35H,5-17,20-32H2,1-4H3,(H2-,40,41,42,43,44,45)/p+1/b19-18+. The number of carboxylic acids is 3. The van der Waals surface area contributed by atoms with Gasteiger partial charge in [-0.3, -0.25) is 4.48 Å². The predicted molar refractivity (Wildman–Crippen MR) is 187 cm³/mol. The quantitative estimate of drug-likeness (QED) is 0.0374. The summed E-state index contributed by atoms with van der Waals surface area (Å²) in [5.74, 6) is -3.25. The Morgan fingerprint density at radius 2 is 0.733 bits per heavy atom. The van der Waals surface area contributed by atoms with E-state index in [0.717, 1.165) is 32.1 Å². The van der Waals surface area contributed by atoms with Gasteiger partial charge in [0.05, 0.1) is 6.54 Å². The van der Waals surface area contributed by atoms with Gasteiger partial charge in [-0.05, 0) is 57.8 Å². The predicted octanol–water partition coefficient (Wildman–Crippen LogP) is 10.6. The lowest BCUT2D eigenvalue weighted by molar-refractivity contribution is -0.973. The molecule has 0 aliphatic heterocycles. The van der Waals surface area contributed by atoms with Crippen molar-refractivity contribution in [2.24, 2.45) is 0 Å². The average molecular weight is 639 g/mol. The molecule has 0 fully saturated rings. The van der Waals surface area contributed by atoms with Gasteiger partial charge in [-0.25, -0.2) is 14.4 Å². The van der Waals surface area contributed by atoms with Crippen LogP contribution in [0.4, 0.5) is 0 Å². The van der Waals surface area contributed by atoms with E-state index in [1.54, 1.807) is 0 Å². The van der Waals surface area contributed by atoms with Crippen molar-refractivity contribution in [3.05, 3.63) is 12.2 Å². The number of aliphatic carboxylic acids is 3. The first-order valence-electron chi connectivity index (χ1n) is 18.9. The zero-order valence-corrected chi connectivity index (χ0v) is 29.8. The van der Waals surface area contributed by atoms with Gasteiger partial charge in [0.1, 0.15) is 0 Å². The van der Waals surface area contributed by atoms with Crippen molar-refractivity contribution in [3.63, 3.8) is 0 Å². The number of carbonyl (C=O) groups is 3. The molecule has 0 aliphatic rings. The van der Waals surface area contributed by atoms with E-state index in [1.165, 1.54) is 83.5 Å². The van der Waals surface area contributed by atoms with E-state index in [2.05, 4.69) is 19.1 Å². The van der Waals surface area contributed by atoms with Crippen molar-refractivity contribution < 1.29 is 34.2 Å². The molecule has 3 unspecified atom stereocenters.